The van der Waals surface area contributed by atoms with Crippen LogP contribution < -0.4 is 34.6 Å². The van der Waals surface area contributed by atoms with Crippen LogP contribution in [0, 0.1) is 0 Å². The summed E-state index contributed by atoms with van der Waals surface area (Å²) in [6.45, 7) is 7.03. The van der Waals surface area contributed by atoms with Gasteiger partial charge in [-0.1, -0.05) is 19.1 Å². The summed E-state index contributed by atoms with van der Waals surface area (Å²) in [5.41, 5.74) is 3.30. The molecule has 1 saturated heterocycles. The van der Waals surface area contributed by atoms with Crippen molar-refractivity contribution in [3.63, 3.8) is 0 Å². The first-order valence-electron chi connectivity index (χ1n) is 13.5. The Morgan fingerprint density at radius 2 is 1.45 bits per heavy atom. The van der Waals surface area contributed by atoms with Crippen molar-refractivity contribution in [2.45, 2.75) is 26.3 Å². The first kappa shape index (κ1) is 28.6. The van der Waals surface area contributed by atoms with Crippen LogP contribution in [0.1, 0.15) is 41.0 Å². The van der Waals surface area contributed by atoms with Gasteiger partial charge >= 0.3 is 0 Å². The molecular weight excluding hydrogens is 508 g/mol. The number of anilines is 3. The van der Waals surface area contributed by atoms with Crippen LogP contribution in [0.4, 0.5) is 17.1 Å². The summed E-state index contributed by atoms with van der Waals surface area (Å²) < 4.78 is 16.2. The highest BCUT2D eigenvalue weighted by atomic mass is 16.5. The highest BCUT2D eigenvalue weighted by Gasteiger charge is 2.24. The maximum atomic E-state index is 13.4. The minimum Gasteiger partial charge on any atom is -0.497 e. The third kappa shape index (κ3) is 6.42. The third-order valence-electron chi connectivity index (χ3n) is 7.19. The number of rotatable bonds is 10. The van der Waals surface area contributed by atoms with Gasteiger partial charge in [-0.25, -0.2) is 0 Å². The number of hydrogen-bond acceptors (Lipinski definition) is 7. The van der Waals surface area contributed by atoms with Gasteiger partial charge in [-0.05, 0) is 55.8 Å². The Labute approximate surface area is 236 Å². The van der Waals surface area contributed by atoms with Crippen LogP contribution in [0.15, 0.2) is 60.7 Å². The predicted octanol–water partition coefficient (Wildman–Crippen LogP) is 4.82. The fraction of sp³-hybridized carbons (Fsp3) is 0.355. The van der Waals surface area contributed by atoms with Crippen LogP contribution in [0.3, 0.4) is 0 Å². The minimum absolute atomic E-state index is 0.0181. The van der Waals surface area contributed by atoms with Gasteiger partial charge in [0.25, 0.3) is 11.8 Å². The second kappa shape index (κ2) is 13.1. The molecule has 9 heteroatoms. The molecule has 212 valence electrons. The number of hydrogen-bond donors (Lipinski definition) is 2. The van der Waals surface area contributed by atoms with Crippen molar-refractivity contribution in [3.8, 4) is 17.2 Å². The van der Waals surface area contributed by atoms with Crippen LogP contribution in [-0.2, 0) is 0 Å². The van der Waals surface area contributed by atoms with Gasteiger partial charge in [0, 0.05) is 49.7 Å². The monoisotopic (exact) mass is 546 g/mol. The molecule has 0 aromatic heterocycles. The number of para-hydroxylation sites is 2. The van der Waals surface area contributed by atoms with Gasteiger partial charge in [-0.2, -0.15) is 0 Å². The zero-order chi connectivity index (χ0) is 28.6. The van der Waals surface area contributed by atoms with Crippen molar-refractivity contribution >= 4 is 28.9 Å². The van der Waals surface area contributed by atoms with E-state index in [1.54, 1.807) is 38.5 Å². The first-order valence-corrected chi connectivity index (χ1v) is 13.5. The predicted molar refractivity (Wildman–Crippen MR) is 159 cm³/mol. The Balaban J connectivity index is 1.57. The summed E-state index contributed by atoms with van der Waals surface area (Å²) in [6.07, 6.45) is 0.812. The van der Waals surface area contributed by atoms with Gasteiger partial charge in [-0.3, -0.25) is 9.59 Å². The molecule has 0 aliphatic carbocycles. The molecule has 0 unspecified atom stereocenters. The molecule has 3 aromatic carbocycles. The standard InChI is InChI=1S/C31H38N4O5/c1-6-21(2)32-31(37)25-19-22(33-30(36)24-13-12-23(38-3)20-29(24)40-5)11-14-26(25)34-15-17-35(18-16-34)27-9-7-8-10-28(27)39-4/h7-14,19-21H,6,15-18H2,1-5H3,(H,32,37)(H,33,36)/t21-/m0/s1. The van der Waals surface area contributed by atoms with Crippen molar-refractivity contribution in [3.05, 3.63) is 71.8 Å². The smallest absolute Gasteiger partial charge is 0.259 e. The second-order valence-electron chi connectivity index (χ2n) is 9.68. The normalized spacial score (nSPS) is 13.8. The molecule has 40 heavy (non-hydrogen) atoms. The molecule has 1 heterocycles. The Bertz CT molecular complexity index is 1340. The lowest BCUT2D eigenvalue weighted by atomic mass is 10.1. The zero-order valence-electron chi connectivity index (χ0n) is 23.8. The number of carbonyl (C=O) groups excluding carboxylic acids is 2. The van der Waals surface area contributed by atoms with E-state index < -0.39 is 0 Å². The van der Waals surface area contributed by atoms with E-state index in [9.17, 15) is 9.59 Å². The summed E-state index contributed by atoms with van der Waals surface area (Å²) in [4.78, 5) is 31.1. The number of methoxy groups -OCH3 is 3. The molecule has 1 atom stereocenters. The molecular formula is C31H38N4O5. The van der Waals surface area contributed by atoms with Gasteiger partial charge < -0.3 is 34.6 Å². The Morgan fingerprint density at radius 3 is 2.10 bits per heavy atom. The van der Waals surface area contributed by atoms with Crippen LogP contribution in [0.2, 0.25) is 0 Å². The fourth-order valence-corrected chi connectivity index (χ4v) is 4.74. The van der Waals surface area contributed by atoms with Gasteiger partial charge in [0.1, 0.15) is 17.2 Å². The summed E-state index contributed by atoms with van der Waals surface area (Å²) in [7, 11) is 4.74. The Morgan fingerprint density at radius 1 is 0.775 bits per heavy atom. The van der Waals surface area contributed by atoms with Crippen molar-refractivity contribution in [2.24, 2.45) is 0 Å². The molecule has 1 aliphatic heterocycles. The van der Waals surface area contributed by atoms with Crippen molar-refractivity contribution in [1.29, 1.82) is 0 Å². The van der Waals surface area contributed by atoms with Crippen LogP contribution in [0.5, 0.6) is 17.2 Å². The number of ether oxygens (including phenoxy) is 3. The lowest BCUT2D eigenvalue weighted by Gasteiger charge is -2.38. The molecule has 0 saturated carbocycles. The molecule has 4 rings (SSSR count). The minimum atomic E-state index is -0.342. The highest BCUT2D eigenvalue weighted by Crippen LogP contribution is 2.32. The van der Waals surface area contributed by atoms with Crippen molar-refractivity contribution in [2.75, 3.05) is 62.6 Å². The quantitative estimate of drug-likeness (QED) is 0.377. The Hall–Kier alpha value is -4.40. The number of nitrogens with zero attached hydrogens (tertiary/aromatic N) is 2. The van der Waals surface area contributed by atoms with E-state index in [0.717, 1.165) is 49.7 Å². The first-order chi connectivity index (χ1) is 19.4. The third-order valence-corrected chi connectivity index (χ3v) is 7.19. The van der Waals surface area contributed by atoms with E-state index in [1.807, 2.05) is 44.2 Å². The van der Waals surface area contributed by atoms with E-state index in [1.165, 1.54) is 7.11 Å². The summed E-state index contributed by atoms with van der Waals surface area (Å²) in [5.74, 6) is 1.32. The van der Waals surface area contributed by atoms with Crippen LogP contribution >= 0.6 is 0 Å². The summed E-state index contributed by atoms with van der Waals surface area (Å²) >= 11 is 0. The summed E-state index contributed by atoms with van der Waals surface area (Å²) in [6, 6.07) is 18.5. The van der Waals surface area contributed by atoms with Gasteiger partial charge in [0.05, 0.1) is 38.1 Å². The van der Waals surface area contributed by atoms with E-state index in [4.69, 9.17) is 14.2 Å². The number of piperazine rings is 1. The maximum absolute atomic E-state index is 13.4. The SMILES string of the molecule is CC[C@H](C)NC(=O)c1cc(NC(=O)c2ccc(OC)cc2OC)ccc1N1CCN(c2ccccc2OC)CC1. The van der Waals surface area contributed by atoms with Gasteiger partial charge in [0.15, 0.2) is 0 Å². The molecule has 1 aliphatic rings. The molecule has 0 bridgehead atoms. The van der Waals surface area contributed by atoms with Crippen molar-refractivity contribution < 1.29 is 23.8 Å². The molecule has 2 N–H and O–H groups in total. The molecule has 0 radical (unpaired) electrons. The van der Waals surface area contributed by atoms with Gasteiger partial charge in [0.2, 0.25) is 0 Å². The molecule has 2 amide bonds. The number of amides is 2. The number of carbonyl (C=O) groups is 2. The lowest BCUT2D eigenvalue weighted by Crippen LogP contribution is -2.47. The maximum Gasteiger partial charge on any atom is 0.259 e. The van der Waals surface area contributed by atoms with E-state index in [2.05, 4.69) is 26.5 Å². The van der Waals surface area contributed by atoms with Crippen LogP contribution in [0.25, 0.3) is 0 Å². The Kier molecular flexibility index (Phi) is 9.37. The van der Waals surface area contributed by atoms with E-state index in [0.29, 0.717) is 28.3 Å². The zero-order valence-corrected chi connectivity index (χ0v) is 23.8. The van der Waals surface area contributed by atoms with E-state index in [-0.39, 0.29) is 17.9 Å². The largest absolute Gasteiger partial charge is 0.497 e. The molecule has 9 nitrogen and oxygen atoms in total. The number of benzene rings is 3. The van der Waals surface area contributed by atoms with Crippen molar-refractivity contribution in [1.82, 2.24) is 5.32 Å². The molecule has 0 spiro atoms. The molecule has 3 aromatic rings. The average Bonchev–Trinajstić information content (AvgIpc) is 3.00. The molecule has 1 fully saturated rings. The average molecular weight is 547 g/mol. The topological polar surface area (TPSA) is 92.4 Å². The van der Waals surface area contributed by atoms with Crippen LogP contribution in [-0.4, -0.2) is 65.4 Å². The highest BCUT2D eigenvalue weighted by molar-refractivity contribution is 6.08. The number of nitrogens with one attached hydrogen (secondary N) is 2. The van der Waals surface area contributed by atoms with E-state index >= 15 is 0 Å². The lowest BCUT2D eigenvalue weighted by molar-refractivity contribution is 0.0938. The fourth-order valence-electron chi connectivity index (χ4n) is 4.74. The van der Waals surface area contributed by atoms with Gasteiger partial charge in [-0.15, -0.1) is 0 Å². The summed E-state index contributed by atoms with van der Waals surface area (Å²) in [5, 5.41) is 6.00. The second-order valence-corrected chi connectivity index (χ2v) is 9.68.